The highest BCUT2D eigenvalue weighted by Crippen LogP contribution is 2.19. The fourth-order valence-corrected chi connectivity index (χ4v) is 2.66. The van der Waals surface area contributed by atoms with E-state index in [1.54, 1.807) is 6.07 Å². The summed E-state index contributed by atoms with van der Waals surface area (Å²) in [4.78, 5) is 28.0. The Labute approximate surface area is 114 Å². The standard InChI is InChI=1S/C12H16BrN3O2/c1-14-7-9-3-2-4-16(9)12(18)8-5-10(13)11(17)15-6-8/h5-6,9,14H,2-4,7H2,1H3,(H,15,17). The summed E-state index contributed by atoms with van der Waals surface area (Å²) in [6, 6.07) is 1.82. The molecule has 2 rings (SSSR count). The van der Waals surface area contributed by atoms with E-state index in [4.69, 9.17) is 0 Å². The number of pyridine rings is 1. The highest BCUT2D eigenvalue weighted by atomic mass is 79.9. The Morgan fingerprint density at radius 3 is 3.11 bits per heavy atom. The average Bonchev–Trinajstić information content (AvgIpc) is 2.80. The first-order valence-corrected chi connectivity index (χ1v) is 6.76. The van der Waals surface area contributed by atoms with Crippen molar-refractivity contribution in [2.45, 2.75) is 18.9 Å². The molecule has 1 saturated heterocycles. The summed E-state index contributed by atoms with van der Waals surface area (Å²) in [6.07, 6.45) is 3.53. The highest BCUT2D eigenvalue weighted by Gasteiger charge is 2.28. The normalized spacial score (nSPS) is 19.2. The lowest BCUT2D eigenvalue weighted by Gasteiger charge is -2.24. The zero-order chi connectivity index (χ0) is 13.1. The van der Waals surface area contributed by atoms with Gasteiger partial charge in [0.05, 0.1) is 10.0 Å². The molecular weight excluding hydrogens is 298 g/mol. The minimum absolute atomic E-state index is 0.0234. The van der Waals surface area contributed by atoms with Gasteiger partial charge in [0.1, 0.15) is 0 Å². The van der Waals surface area contributed by atoms with E-state index >= 15 is 0 Å². The van der Waals surface area contributed by atoms with Crippen molar-refractivity contribution in [3.63, 3.8) is 0 Å². The maximum atomic E-state index is 12.4. The molecular formula is C12H16BrN3O2. The molecule has 2 N–H and O–H groups in total. The number of nitrogens with zero attached hydrogens (tertiary/aromatic N) is 1. The largest absolute Gasteiger partial charge is 0.334 e. The van der Waals surface area contributed by atoms with Crippen molar-refractivity contribution in [3.05, 3.63) is 32.7 Å². The lowest BCUT2D eigenvalue weighted by atomic mass is 10.2. The molecule has 0 spiro atoms. The maximum absolute atomic E-state index is 12.4. The summed E-state index contributed by atoms with van der Waals surface area (Å²) in [7, 11) is 1.89. The van der Waals surface area contributed by atoms with Crippen LogP contribution < -0.4 is 10.9 Å². The Balaban J connectivity index is 2.19. The lowest BCUT2D eigenvalue weighted by Crippen LogP contribution is -2.41. The molecule has 1 atom stereocenters. The Morgan fingerprint density at radius 1 is 1.67 bits per heavy atom. The smallest absolute Gasteiger partial charge is 0.262 e. The van der Waals surface area contributed by atoms with E-state index in [9.17, 15) is 9.59 Å². The number of aromatic amines is 1. The third-order valence-electron chi connectivity index (χ3n) is 3.18. The third kappa shape index (κ3) is 2.64. The summed E-state index contributed by atoms with van der Waals surface area (Å²) in [5.41, 5.74) is 0.296. The number of nitrogens with one attached hydrogen (secondary N) is 2. The number of likely N-dealkylation sites (tertiary alicyclic amines) is 1. The monoisotopic (exact) mass is 313 g/mol. The number of amides is 1. The number of halogens is 1. The van der Waals surface area contributed by atoms with E-state index in [1.165, 1.54) is 6.20 Å². The van der Waals surface area contributed by atoms with E-state index in [-0.39, 0.29) is 17.5 Å². The van der Waals surface area contributed by atoms with E-state index in [0.29, 0.717) is 10.0 Å². The molecule has 5 nitrogen and oxygen atoms in total. The molecule has 1 aromatic heterocycles. The molecule has 0 aliphatic carbocycles. The minimum atomic E-state index is -0.222. The number of carbonyl (C=O) groups is 1. The van der Waals surface area contributed by atoms with Gasteiger partial charge in [-0.2, -0.15) is 0 Å². The molecule has 0 bridgehead atoms. The number of carbonyl (C=O) groups excluding carboxylic acids is 1. The van der Waals surface area contributed by atoms with Gasteiger partial charge in [0, 0.05) is 25.3 Å². The van der Waals surface area contributed by atoms with Crippen molar-refractivity contribution in [1.82, 2.24) is 15.2 Å². The predicted octanol–water partition coefficient (Wildman–Crippen LogP) is 0.961. The van der Waals surface area contributed by atoms with E-state index in [2.05, 4.69) is 26.2 Å². The van der Waals surface area contributed by atoms with Gasteiger partial charge in [0.25, 0.3) is 11.5 Å². The molecule has 1 fully saturated rings. The van der Waals surface area contributed by atoms with Crippen LogP contribution in [0.15, 0.2) is 21.5 Å². The lowest BCUT2D eigenvalue weighted by molar-refractivity contribution is 0.0736. The van der Waals surface area contributed by atoms with Gasteiger partial charge in [0.15, 0.2) is 0 Å². The van der Waals surface area contributed by atoms with Crippen molar-refractivity contribution < 1.29 is 4.79 Å². The molecule has 98 valence electrons. The topological polar surface area (TPSA) is 65.2 Å². The van der Waals surface area contributed by atoms with Gasteiger partial charge in [-0.3, -0.25) is 9.59 Å². The van der Waals surface area contributed by atoms with Gasteiger partial charge in [0.2, 0.25) is 0 Å². The van der Waals surface area contributed by atoms with Crippen LogP contribution in [-0.4, -0.2) is 42.0 Å². The molecule has 1 unspecified atom stereocenters. The van der Waals surface area contributed by atoms with Crippen molar-refractivity contribution >= 4 is 21.8 Å². The van der Waals surface area contributed by atoms with Gasteiger partial charge in [-0.25, -0.2) is 0 Å². The second-order valence-electron chi connectivity index (χ2n) is 4.42. The molecule has 1 amide bonds. The van der Waals surface area contributed by atoms with Crippen LogP contribution in [0.1, 0.15) is 23.2 Å². The Morgan fingerprint density at radius 2 is 2.44 bits per heavy atom. The van der Waals surface area contributed by atoms with Gasteiger partial charge in [-0.05, 0) is 41.9 Å². The molecule has 1 aliphatic rings. The summed E-state index contributed by atoms with van der Waals surface area (Å²) in [5, 5.41) is 3.11. The summed E-state index contributed by atoms with van der Waals surface area (Å²) in [5.74, 6) is -0.0234. The van der Waals surface area contributed by atoms with Crippen molar-refractivity contribution in [1.29, 1.82) is 0 Å². The summed E-state index contributed by atoms with van der Waals surface area (Å²) in [6.45, 7) is 1.58. The summed E-state index contributed by atoms with van der Waals surface area (Å²) < 4.78 is 0.387. The second-order valence-corrected chi connectivity index (χ2v) is 5.27. The fraction of sp³-hybridized carbons (Fsp3) is 0.500. The number of H-pyrrole nitrogens is 1. The number of hydrogen-bond donors (Lipinski definition) is 2. The van der Waals surface area contributed by atoms with Crippen LogP contribution >= 0.6 is 15.9 Å². The Hall–Kier alpha value is -1.14. The molecule has 1 aliphatic heterocycles. The average molecular weight is 314 g/mol. The molecule has 18 heavy (non-hydrogen) atoms. The van der Waals surface area contributed by atoms with Crippen LogP contribution in [0, 0.1) is 0 Å². The number of hydrogen-bond acceptors (Lipinski definition) is 3. The van der Waals surface area contributed by atoms with Crippen LogP contribution in [0.2, 0.25) is 0 Å². The maximum Gasteiger partial charge on any atom is 0.262 e. The van der Waals surface area contributed by atoms with E-state index < -0.39 is 0 Å². The third-order valence-corrected chi connectivity index (χ3v) is 3.77. The van der Waals surface area contributed by atoms with Gasteiger partial charge in [-0.15, -0.1) is 0 Å². The predicted molar refractivity (Wildman–Crippen MR) is 72.7 cm³/mol. The zero-order valence-electron chi connectivity index (χ0n) is 10.2. The van der Waals surface area contributed by atoms with Crippen LogP contribution in [0.4, 0.5) is 0 Å². The molecule has 6 heteroatoms. The highest BCUT2D eigenvalue weighted by molar-refractivity contribution is 9.10. The van der Waals surface area contributed by atoms with E-state index in [1.807, 2.05) is 11.9 Å². The zero-order valence-corrected chi connectivity index (χ0v) is 11.8. The van der Waals surface area contributed by atoms with Gasteiger partial charge in [-0.1, -0.05) is 0 Å². The molecule has 2 heterocycles. The second kappa shape index (κ2) is 5.67. The SMILES string of the molecule is CNCC1CCCN1C(=O)c1c[nH]c(=O)c(Br)c1. The summed E-state index contributed by atoms with van der Waals surface area (Å²) >= 11 is 3.14. The first-order chi connectivity index (χ1) is 8.63. The molecule has 0 aromatic carbocycles. The number of aromatic nitrogens is 1. The Bertz CT molecular complexity index is 500. The van der Waals surface area contributed by atoms with Crippen LogP contribution in [-0.2, 0) is 0 Å². The minimum Gasteiger partial charge on any atom is -0.334 e. The van der Waals surface area contributed by atoms with Crippen LogP contribution in [0.5, 0.6) is 0 Å². The van der Waals surface area contributed by atoms with Crippen LogP contribution in [0.25, 0.3) is 0 Å². The fourth-order valence-electron chi connectivity index (χ4n) is 2.30. The van der Waals surface area contributed by atoms with Crippen molar-refractivity contribution in [3.8, 4) is 0 Å². The van der Waals surface area contributed by atoms with Gasteiger partial charge < -0.3 is 15.2 Å². The first kappa shape index (κ1) is 13.3. The molecule has 0 radical (unpaired) electrons. The van der Waals surface area contributed by atoms with E-state index in [0.717, 1.165) is 25.9 Å². The van der Waals surface area contributed by atoms with Crippen LogP contribution in [0.3, 0.4) is 0 Å². The first-order valence-electron chi connectivity index (χ1n) is 5.97. The van der Waals surface area contributed by atoms with Gasteiger partial charge >= 0.3 is 0 Å². The Kier molecular flexibility index (Phi) is 4.19. The number of rotatable bonds is 3. The quantitative estimate of drug-likeness (QED) is 0.873. The van der Waals surface area contributed by atoms with Crippen molar-refractivity contribution in [2.75, 3.05) is 20.1 Å². The molecule has 1 aromatic rings. The molecule has 0 saturated carbocycles. The van der Waals surface area contributed by atoms with Crippen molar-refractivity contribution in [2.24, 2.45) is 0 Å². The number of likely N-dealkylation sites (N-methyl/N-ethyl adjacent to an activating group) is 1.